The molecule has 1 aliphatic heterocycles. The molecule has 1 unspecified atom stereocenters. The summed E-state index contributed by atoms with van der Waals surface area (Å²) in [6.07, 6.45) is 1.79. The molecule has 1 aliphatic rings. The number of anilines is 1. The zero-order valence-corrected chi connectivity index (χ0v) is 10.8. The zero-order chi connectivity index (χ0) is 13.1. The molecule has 1 amide bonds. The molecule has 5 nitrogen and oxygen atoms in total. The number of hydrogen-bond acceptors (Lipinski definition) is 4. The lowest BCUT2D eigenvalue weighted by molar-refractivity contribution is -0.122. The molecular weight excluding hydrogens is 248 g/mol. The summed E-state index contributed by atoms with van der Waals surface area (Å²) in [5.41, 5.74) is 11.5. The molecule has 18 heavy (non-hydrogen) atoms. The minimum absolute atomic E-state index is 0.103. The van der Waals surface area contributed by atoms with E-state index in [1.165, 1.54) is 0 Å². The highest BCUT2D eigenvalue weighted by Gasteiger charge is 2.24. The molecule has 2 heterocycles. The van der Waals surface area contributed by atoms with Crippen molar-refractivity contribution in [1.82, 2.24) is 4.98 Å². The van der Waals surface area contributed by atoms with Crippen molar-refractivity contribution in [3.63, 3.8) is 0 Å². The molecule has 0 spiro atoms. The van der Waals surface area contributed by atoms with Gasteiger partial charge in [-0.1, -0.05) is 18.3 Å². The third kappa shape index (κ3) is 2.76. The summed E-state index contributed by atoms with van der Waals surface area (Å²) < 4.78 is 0. The lowest BCUT2D eigenvalue weighted by atomic mass is 9.97. The number of nitrogens with two attached hydrogens (primary N) is 2. The van der Waals surface area contributed by atoms with Gasteiger partial charge in [-0.3, -0.25) is 4.79 Å². The average Bonchev–Trinajstić information content (AvgIpc) is 2.39. The van der Waals surface area contributed by atoms with Gasteiger partial charge in [0.25, 0.3) is 0 Å². The SMILES string of the molecule is NC(=O)C1CCCN(c2cccc(C(N)=S)n2)C1. The molecule has 0 radical (unpaired) electrons. The molecule has 1 aromatic rings. The fourth-order valence-corrected chi connectivity index (χ4v) is 2.27. The van der Waals surface area contributed by atoms with E-state index in [4.69, 9.17) is 23.7 Å². The van der Waals surface area contributed by atoms with E-state index in [0.717, 1.165) is 25.2 Å². The molecule has 96 valence electrons. The number of nitrogens with zero attached hydrogens (tertiary/aromatic N) is 2. The molecule has 1 atom stereocenters. The van der Waals surface area contributed by atoms with Crippen molar-refractivity contribution in [1.29, 1.82) is 0 Å². The third-order valence-electron chi connectivity index (χ3n) is 3.13. The second kappa shape index (κ2) is 5.30. The number of rotatable bonds is 3. The second-order valence-electron chi connectivity index (χ2n) is 4.43. The van der Waals surface area contributed by atoms with Crippen LogP contribution in [0.2, 0.25) is 0 Å². The molecule has 1 fully saturated rings. The number of pyridine rings is 1. The smallest absolute Gasteiger partial charge is 0.222 e. The van der Waals surface area contributed by atoms with E-state index in [-0.39, 0.29) is 16.8 Å². The van der Waals surface area contributed by atoms with Gasteiger partial charge in [-0.15, -0.1) is 0 Å². The maximum atomic E-state index is 11.2. The van der Waals surface area contributed by atoms with Crippen LogP contribution in [-0.2, 0) is 4.79 Å². The summed E-state index contributed by atoms with van der Waals surface area (Å²) >= 11 is 4.91. The first kappa shape index (κ1) is 12.8. The van der Waals surface area contributed by atoms with Gasteiger partial charge >= 0.3 is 0 Å². The van der Waals surface area contributed by atoms with Crippen LogP contribution in [0.4, 0.5) is 5.82 Å². The van der Waals surface area contributed by atoms with Gasteiger partial charge in [0.15, 0.2) is 0 Å². The summed E-state index contributed by atoms with van der Waals surface area (Å²) in [5.74, 6) is 0.450. The van der Waals surface area contributed by atoms with Gasteiger partial charge in [0, 0.05) is 13.1 Å². The highest BCUT2D eigenvalue weighted by atomic mass is 32.1. The topological polar surface area (TPSA) is 85.2 Å². The summed E-state index contributed by atoms with van der Waals surface area (Å²) in [5, 5.41) is 0. The van der Waals surface area contributed by atoms with E-state index in [1.54, 1.807) is 6.07 Å². The average molecular weight is 264 g/mol. The van der Waals surface area contributed by atoms with Crippen molar-refractivity contribution in [2.24, 2.45) is 17.4 Å². The first-order chi connectivity index (χ1) is 8.58. The zero-order valence-electron chi connectivity index (χ0n) is 10.0. The van der Waals surface area contributed by atoms with Crippen LogP contribution < -0.4 is 16.4 Å². The maximum absolute atomic E-state index is 11.2. The fraction of sp³-hybridized carbons (Fsp3) is 0.417. The summed E-state index contributed by atoms with van der Waals surface area (Å²) in [6, 6.07) is 5.54. The fourth-order valence-electron chi connectivity index (χ4n) is 2.15. The van der Waals surface area contributed by atoms with Crippen molar-refractivity contribution in [2.75, 3.05) is 18.0 Å². The Kier molecular flexibility index (Phi) is 3.76. The highest BCUT2D eigenvalue weighted by Crippen LogP contribution is 2.21. The number of amides is 1. The molecule has 6 heteroatoms. The van der Waals surface area contributed by atoms with Gasteiger partial charge in [-0.05, 0) is 25.0 Å². The summed E-state index contributed by atoms with van der Waals surface area (Å²) in [6.45, 7) is 1.49. The Balaban J connectivity index is 2.18. The van der Waals surface area contributed by atoms with E-state index in [2.05, 4.69) is 9.88 Å². The molecule has 0 saturated carbocycles. The second-order valence-corrected chi connectivity index (χ2v) is 4.87. The Morgan fingerprint density at radius 3 is 2.89 bits per heavy atom. The molecule has 4 N–H and O–H groups in total. The lowest BCUT2D eigenvalue weighted by Crippen LogP contribution is -2.41. The van der Waals surface area contributed by atoms with Crippen LogP contribution >= 0.6 is 12.2 Å². The van der Waals surface area contributed by atoms with E-state index in [1.807, 2.05) is 12.1 Å². The Hall–Kier alpha value is -1.69. The molecule has 0 aromatic carbocycles. The molecule has 0 aliphatic carbocycles. The maximum Gasteiger partial charge on any atom is 0.222 e. The lowest BCUT2D eigenvalue weighted by Gasteiger charge is -2.32. The van der Waals surface area contributed by atoms with E-state index in [0.29, 0.717) is 12.2 Å². The minimum Gasteiger partial charge on any atom is -0.388 e. The van der Waals surface area contributed by atoms with Crippen molar-refractivity contribution >= 4 is 28.9 Å². The van der Waals surface area contributed by atoms with Gasteiger partial charge in [0.2, 0.25) is 5.91 Å². The number of primary amides is 1. The predicted octanol–water partition coefficient (Wildman–Crippen LogP) is 0.417. The van der Waals surface area contributed by atoms with Crippen molar-refractivity contribution < 1.29 is 4.79 Å². The Bertz CT molecular complexity index is 477. The predicted molar refractivity (Wildman–Crippen MR) is 74.3 cm³/mol. The Labute approximate surface area is 111 Å². The third-order valence-corrected chi connectivity index (χ3v) is 3.34. The largest absolute Gasteiger partial charge is 0.388 e. The number of thiocarbonyl (C=S) groups is 1. The highest BCUT2D eigenvalue weighted by molar-refractivity contribution is 7.80. The van der Waals surface area contributed by atoms with Crippen LogP contribution in [-0.4, -0.2) is 29.0 Å². The number of hydrogen-bond donors (Lipinski definition) is 2. The van der Waals surface area contributed by atoms with Crippen molar-refractivity contribution in [2.45, 2.75) is 12.8 Å². The van der Waals surface area contributed by atoms with Crippen LogP contribution in [0.5, 0.6) is 0 Å². The molecule has 2 rings (SSSR count). The summed E-state index contributed by atoms with van der Waals surface area (Å²) in [7, 11) is 0. The first-order valence-electron chi connectivity index (χ1n) is 5.89. The van der Waals surface area contributed by atoms with Crippen LogP contribution in [0.25, 0.3) is 0 Å². The first-order valence-corrected chi connectivity index (χ1v) is 6.30. The number of piperidine rings is 1. The van der Waals surface area contributed by atoms with Crippen LogP contribution in [0, 0.1) is 5.92 Å². The Morgan fingerprint density at radius 1 is 1.44 bits per heavy atom. The minimum atomic E-state index is -0.245. The van der Waals surface area contributed by atoms with Gasteiger partial charge in [0.1, 0.15) is 10.8 Å². The van der Waals surface area contributed by atoms with Gasteiger partial charge in [-0.25, -0.2) is 4.98 Å². The number of carbonyl (C=O) groups is 1. The quantitative estimate of drug-likeness (QED) is 0.773. The number of carbonyl (C=O) groups excluding carboxylic acids is 1. The normalized spacial score (nSPS) is 19.6. The van der Waals surface area contributed by atoms with Crippen molar-refractivity contribution in [3.8, 4) is 0 Å². The molecular formula is C12H16N4OS. The molecule has 1 saturated heterocycles. The Morgan fingerprint density at radius 2 is 2.22 bits per heavy atom. The number of aromatic nitrogens is 1. The van der Waals surface area contributed by atoms with Gasteiger partial charge < -0.3 is 16.4 Å². The molecule has 1 aromatic heterocycles. The van der Waals surface area contributed by atoms with E-state index >= 15 is 0 Å². The van der Waals surface area contributed by atoms with E-state index < -0.39 is 0 Å². The van der Waals surface area contributed by atoms with Gasteiger partial charge in [-0.2, -0.15) is 0 Å². The summed E-state index contributed by atoms with van der Waals surface area (Å²) in [4.78, 5) is 18.0. The standard InChI is InChI=1S/C12H16N4OS/c13-11(17)8-3-2-6-16(7-8)10-5-1-4-9(15-10)12(14)18/h1,4-5,8H,2-3,6-7H2,(H2,13,17)(H2,14,18). The monoisotopic (exact) mass is 264 g/mol. The van der Waals surface area contributed by atoms with Crippen LogP contribution in [0.15, 0.2) is 18.2 Å². The van der Waals surface area contributed by atoms with E-state index in [9.17, 15) is 4.79 Å². The van der Waals surface area contributed by atoms with Crippen LogP contribution in [0.1, 0.15) is 18.5 Å². The van der Waals surface area contributed by atoms with Gasteiger partial charge in [0.05, 0.1) is 11.6 Å². The molecule has 0 bridgehead atoms. The van der Waals surface area contributed by atoms with Crippen LogP contribution in [0.3, 0.4) is 0 Å². The van der Waals surface area contributed by atoms with Crippen molar-refractivity contribution in [3.05, 3.63) is 23.9 Å².